The molecule has 0 bridgehead atoms. The van der Waals surface area contributed by atoms with E-state index in [1.165, 1.54) is 0 Å². The fraction of sp³-hybridized carbons (Fsp3) is 0.333. The molecule has 1 unspecified atom stereocenters. The molecular formula is C12H9F4NO5S2. The molecule has 1 fully saturated rings. The summed E-state index contributed by atoms with van der Waals surface area (Å²) in [7, 11) is -5.92. The fourth-order valence-electron chi connectivity index (χ4n) is 1.83. The van der Waals surface area contributed by atoms with E-state index in [0.29, 0.717) is 0 Å². The van der Waals surface area contributed by atoms with Crippen molar-refractivity contribution in [3.63, 3.8) is 0 Å². The molecule has 1 aromatic rings. The van der Waals surface area contributed by atoms with E-state index < -0.39 is 44.6 Å². The lowest BCUT2D eigenvalue weighted by Gasteiger charge is -2.17. The Kier molecular flexibility index (Phi) is 4.81. The zero-order chi connectivity index (χ0) is 18.3. The predicted molar refractivity (Wildman–Crippen MR) is 76.8 cm³/mol. The van der Waals surface area contributed by atoms with Gasteiger partial charge >= 0.3 is 21.8 Å². The first-order valence-electron chi connectivity index (χ1n) is 6.22. The van der Waals surface area contributed by atoms with E-state index in [-0.39, 0.29) is 12.1 Å². The molecule has 24 heavy (non-hydrogen) atoms. The minimum absolute atomic E-state index is 0.0342. The maximum absolute atomic E-state index is 12.9. The van der Waals surface area contributed by atoms with Gasteiger partial charge in [-0.05, 0) is 24.3 Å². The van der Waals surface area contributed by atoms with Crippen LogP contribution in [0.2, 0.25) is 0 Å². The molecule has 12 heteroatoms. The Morgan fingerprint density at radius 3 is 2.17 bits per heavy atom. The summed E-state index contributed by atoms with van der Waals surface area (Å²) < 4.78 is 76.3. The molecule has 0 radical (unpaired) electrons. The zero-order valence-corrected chi connectivity index (χ0v) is 13.2. The Morgan fingerprint density at radius 2 is 1.75 bits per heavy atom. The lowest BCUT2D eigenvalue weighted by molar-refractivity contribution is -0.121. The quantitative estimate of drug-likeness (QED) is 0.361. The van der Waals surface area contributed by atoms with Crippen molar-refractivity contribution in [2.75, 3.05) is 4.90 Å². The van der Waals surface area contributed by atoms with Gasteiger partial charge in [-0.1, -0.05) is 0 Å². The van der Waals surface area contributed by atoms with Crippen LogP contribution >= 0.6 is 12.6 Å². The Hall–Kier alpha value is -1.82. The van der Waals surface area contributed by atoms with E-state index >= 15 is 0 Å². The number of rotatable bonds is 5. The highest BCUT2D eigenvalue weighted by atomic mass is 32.2. The van der Waals surface area contributed by atoms with Gasteiger partial charge in [0.2, 0.25) is 11.8 Å². The number of benzene rings is 1. The van der Waals surface area contributed by atoms with Gasteiger partial charge in [-0.3, -0.25) is 9.59 Å². The number of thiol groups is 1. The highest BCUT2D eigenvalue weighted by Gasteiger charge is 2.56. The van der Waals surface area contributed by atoms with E-state index in [9.17, 15) is 35.6 Å². The first kappa shape index (κ1) is 18.5. The molecule has 6 nitrogen and oxygen atoms in total. The number of nitrogens with zero attached hydrogens (tertiary/aromatic N) is 1. The molecular weight excluding hydrogens is 378 g/mol. The number of carbonyl (C=O) groups is 2. The molecule has 1 aliphatic rings. The third-order valence-electron chi connectivity index (χ3n) is 3.01. The smallest absolute Gasteiger partial charge is 0.378 e. The van der Waals surface area contributed by atoms with Gasteiger partial charge in [-0.2, -0.15) is 29.8 Å². The van der Waals surface area contributed by atoms with Crippen molar-refractivity contribution in [1.29, 1.82) is 0 Å². The molecule has 0 aliphatic carbocycles. The molecule has 2 rings (SSSR count). The van der Waals surface area contributed by atoms with Crippen LogP contribution < -0.4 is 9.08 Å². The predicted octanol–water partition coefficient (Wildman–Crippen LogP) is 1.81. The molecule has 0 spiro atoms. The van der Waals surface area contributed by atoms with Gasteiger partial charge in [0.25, 0.3) is 0 Å². The molecule has 1 heterocycles. The van der Waals surface area contributed by atoms with Crippen molar-refractivity contribution in [1.82, 2.24) is 0 Å². The summed E-state index contributed by atoms with van der Waals surface area (Å²) in [4.78, 5) is 24.2. The lowest BCUT2D eigenvalue weighted by atomic mass is 10.3. The molecule has 0 aromatic heterocycles. The van der Waals surface area contributed by atoms with E-state index in [2.05, 4.69) is 16.8 Å². The Balaban J connectivity index is 2.22. The molecule has 0 N–H and O–H groups in total. The second-order valence-corrected chi connectivity index (χ2v) is 6.92. The number of amides is 2. The largest absolute Gasteiger partial charge is 0.439 e. The van der Waals surface area contributed by atoms with Gasteiger partial charge in [0.1, 0.15) is 5.75 Å². The van der Waals surface area contributed by atoms with Gasteiger partial charge in [0.15, 0.2) is 0 Å². The van der Waals surface area contributed by atoms with Crippen LogP contribution in [0, 0.1) is 0 Å². The third-order valence-corrected chi connectivity index (χ3v) is 4.67. The molecule has 132 valence electrons. The summed E-state index contributed by atoms with van der Waals surface area (Å²) in [5, 5.41) is -6.20. The Bertz CT molecular complexity index is 766. The van der Waals surface area contributed by atoms with E-state index in [1.807, 2.05) is 0 Å². The van der Waals surface area contributed by atoms with Crippen LogP contribution in [-0.4, -0.2) is 37.2 Å². The molecule has 1 saturated heterocycles. The first-order valence-corrected chi connectivity index (χ1v) is 8.15. The van der Waals surface area contributed by atoms with Gasteiger partial charge in [0.05, 0.1) is 10.9 Å². The lowest BCUT2D eigenvalue weighted by Crippen LogP contribution is -2.39. The number of hydrogen-bond donors (Lipinski definition) is 1. The summed E-state index contributed by atoms with van der Waals surface area (Å²) in [6, 6.07) is 3.79. The monoisotopic (exact) mass is 387 g/mol. The van der Waals surface area contributed by atoms with Crippen molar-refractivity contribution in [3.05, 3.63) is 24.3 Å². The third kappa shape index (κ3) is 3.20. The second-order valence-electron chi connectivity index (χ2n) is 4.68. The number of carbonyl (C=O) groups excluding carboxylic acids is 2. The van der Waals surface area contributed by atoms with Crippen LogP contribution in [0.4, 0.5) is 23.2 Å². The first-order chi connectivity index (χ1) is 11.0. The number of anilines is 1. The maximum Gasteiger partial charge on any atom is 0.439 e. The summed E-state index contributed by atoms with van der Waals surface area (Å²) in [6.07, 6.45) is -4.59. The minimum Gasteiger partial charge on any atom is -0.378 e. The van der Waals surface area contributed by atoms with Crippen LogP contribution in [0.5, 0.6) is 5.75 Å². The average molecular weight is 387 g/mol. The summed E-state index contributed by atoms with van der Waals surface area (Å²) >= 11 is 3.91. The van der Waals surface area contributed by atoms with Crippen LogP contribution in [-0.2, 0) is 19.7 Å². The molecule has 1 aromatic carbocycles. The SMILES string of the molecule is O=C1CC(S)C(=O)N1c1ccc(OS(=O)(=O)C(F)(F)C(F)F)cc1. The van der Waals surface area contributed by atoms with E-state index in [0.717, 1.165) is 29.2 Å². The van der Waals surface area contributed by atoms with E-state index in [1.54, 1.807) is 0 Å². The van der Waals surface area contributed by atoms with Crippen molar-refractivity contribution in [2.24, 2.45) is 0 Å². The van der Waals surface area contributed by atoms with Gasteiger partial charge in [-0.25, -0.2) is 13.7 Å². The molecule has 1 atom stereocenters. The van der Waals surface area contributed by atoms with Crippen molar-refractivity contribution < 1.29 is 39.8 Å². The van der Waals surface area contributed by atoms with E-state index in [4.69, 9.17) is 0 Å². The summed E-state index contributed by atoms with van der Waals surface area (Å²) in [6.45, 7) is 0. The van der Waals surface area contributed by atoms with Gasteiger partial charge < -0.3 is 4.18 Å². The number of alkyl halides is 4. The normalized spacial score (nSPS) is 19.2. The topological polar surface area (TPSA) is 80.8 Å². The summed E-state index contributed by atoms with van der Waals surface area (Å²) in [5.74, 6) is -1.83. The number of halogens is 4. The second kappa shape index (κ2) is 6.24. The molecule has 1 aliphatic heterocycles. The van der Waals surface area contributed by atoms with Gasteiger partial charge in [-0.15, -0.1) is 0 Å². The standard InChI is InChI=1S/C12H9F4NO5S2/c13-11(14)12(15,16)24(20,21)22-7-3-1-6(2-4-7)17-9(18)5-8(23)10(17)19/h1-4,8,11,23H,5H2. The number of imide groups is 1. The molecule has 0 saturated carbocycles. The highest BCUT2D eigenvalue weighted by Crippen LogP contribution is 2.33. The average Bonchev–Trinajstić information content (AvgIpc) is 2.72. The van der Waals surface area contributed by atoms with Gasteiger partial charge in [0, 0.05) is 6.42 Å². The Morgan fingerprint density at radius 1 is 1.21 bits per heavy atom. The van der Waals surface area contributed by atoms with Crippen LogP contribution in [0.25, 0.3) is 0 Å². The number of hydrogen-bond acceptors (Lipinski definition) is 6. The Labute approximate surface area is 138 Å². The van der Waals surface area contributed by atoms with Crippen molar-refractivity contribution >= 4 is 40.2 Å². The fourth-order valence-corrected chi connectivity index (χ4v) is 2.79. The molecule has 2 amide bonds. The summed E-state index contributed by atoms with van der Waals surface area (Å²) in [5.41, 5.74) is 0.0342. The highest BCUT2D eigenvalue weighted by molar-refractivity contribution is 7.88. The van der Waals surface area contributed by atoms with Crippen molar-refractivity contribution in [3.8, 4) is 5.75 Å². The maximum atomic E-state index is 12.9. The van der Waals surface area contributed by atoms with Crippen LogP contribution in [0.1, 0.15) is 6.42 Å². The minimum atomic E-state index is -5.92. The van der Waals surface area contributed by atoms with Crippen molar-refractivity contribution in [2.45, 2.75) is 23.4 Å². The van der Waals surface area contributed by atoms with Crippen LogP contribution in [0.3, 0.4) is 0 Å². The zero-order valence-electron chi connectivity index (χ0n) is 11.5. The van der Waals surface area contributed by atoms with Crippen LogP contribution in [0.15, 0.2) is 24.3 Å².